The van der Waals surface area contributed by atoms with Crippen molar-refractivity contribution >= 4 is 16.1 Å². The highest BCUT2D eigenvalue weighted by molar-refractivity contribution is 7.89. The van der Waals surface area contributed by atoms with Crippen molar-refractivity contribution in [2.24, 2.45) is 0 Å². The van der Waals surface area contributed by atoms with Gasteiger partial charge in [-0.15, -0.1) is 0 Å². The molecule has 0 spiro atoms. The van der Waals surface area contributed by atoms with Crippen molar-refractivity contribution in [2.45, 2.75) is 43.5 Å². The van der Waals surface area contributed by atoms with E-state index < -0.39 is 10.0 Å². The van der Waals surface area contributed by atoms with Gasteiger partial charge in [0, 0.05) is 58.6 Å². The normalized spacial score (nSPS) is 21.4. The summed E-state index contributed by atoms with van der Waals surface area (Å²) < 4.78 is 33.1. The minimum atomic E-state index is -3.59. The van der Waals surface area contributed by atoms with Gasteiger partial charge in [0.05, 0.1) is 0 Å². The van der Waals surface area contributed by atoms with Gasteiger partial charge in [-0.2, -0.15) is 4.31 Å². The molecule has 0 N–H and O–H groups in total. The van der Waals surface area contributed by atoms with Crippen LogP contribution in [0.3, 0.4) is 0 Å². The summed E-state index contributed by atoms with van der Waals surface area (Å²) in [6.07, 6.45) is 8.50. The number of sulfonamides is 1. The number of hydrogen-bond donors (Lipinski definition) is 0. The van der Waals surface area contributed by atoms with Crippen molar-refractivity contribution in [1.29, 1.82) is 0 Å². The highest BCUT2D eigenvalue weighted by atomic mass is 32.2. The first-order valence-electron chi connectivity index (χ1n) is 8.94. The van der Waals surface area contributed by atoms with Crippen molar-refractivity contribution in [3.05, 3.63) is 17.7 Å². The first-order valence-corrected chi connectivity index (χ1v) is 10.4. The zero-order valence-corrected chi connectivity index (χ0v) is 16.1. The number of hydrogen-bond acceptors (Lipinski definition) is 6. The lowest BCUT2D eigenvalue weighted by Crippen LogP contribution is -2.51. The van der Waals surface area contributed by atoms with E-state index in [1.54, 1.807) is 23.5 Å². The molecule has 1 aliphatic heterocycles. The monoisotopic (exact) mass is 368 g/mol. The summed E-state index contributed by atoms with van der Waals surface area (Å²) in [7, 11) is 0.148. The molecule has 140 valence electrons. The second-order valence-electron chi connectivity index (χ2n) is 7.12. The zero-order chi connectivity index (χ0) is 18.0. The average molecular weight is 369 g/mol. The largest absolute Gasteiger partial charge is 0.383 e. The smallest absolute Gasteiger partial charge is 0.248 e. The molecular formula is C17H28N4O3S. The minimum Gasteiger partial charge on any atom is -0.383 e. The fourth-order valence-electron chi connectivity index (χ4n) is 3.72. The summed E-state index contributed by atoms with van der Waals surface area (Å²) in [6, 6.07) is 0.640. The lowest BCUT2D eigenvalue weighted by atomic mass is 10.2. The van der Waals surface area contributed by atoms with Crippen LogP contribution >= 0.6 is 0 Å². The van der Waals surface area contributed by atoms with Crippen LogP contribution in [0.15, 0.2) is 15.6 Å². The molecule has 1 saturated carbocycles. The van der Waals surface area contributed by atoms with Gasteiger partial charge in [-0.1, -0.05) is 18.0 Å². The molecule has 0 atom stereocenters. The van der Waals surface area contributed by atoms with Gasteiger partial charge >= 0.3 is 0 Å². The molecule has 3 rings (SSSR count). The molecule has 2 heterocycles. The molecule has 0 unspecified atom stereocenters. The Morgan fingerprint density at radius 1 is 1.16 bits per heavy atom. The molecule has 1 aliphatic carbocycles. The van der Waals surface area contributed by atoms with Crippen molar-refractivity contribution in [1.82, 2.24) is 19.3 Å². The molecule has 1 saturated heterocycles. The molecule has 25 heavy (non-hydrogen) atoms. The van der Waals surface area contributed by atoms with Crippen molar-refractivity contribution in [3.63, 3.8) is 0 Å². The Kier molecular flexibility index (Phi) is 5.50. The van der Waals surface area contributed by atoms with Crippen LogP contribution in [0.4, 0.5) is 0 Å². The molecule has 1 aromatic rings. The van der Waals surface area contributed by atoms with E-state index in [1.165, 1.54) is 25.7 Å². The van der Waals surface area contributed by atoms with E-state index >= 15 is 0 Å². The Hall–Kier alpha value is -1.38. The molecule has 2 aliphatic rings. The number of rotatable bonds is 5. The molecule has 0 amide bonds. The van der Waals surface area contributed by atoms with Crippen molar-refractivity contribution in [2.75, 3.05) is 40.3 Å². The van der Waals surface area contributed by atoms with Crippen molar-refractivity contribution < 1.29 is 12.9 Å². The van der Waals surface area contributed by atoms with Crippen LogP contribution in [0.2, 0.25) is 0 Å². The topological polar surface area (TPSA) is 69.9 Å². The summed E-state index contributed by atoms with van der Waals surface area (Å²) in [5, 5.41) is 3.87. The third kappa shape index (κ3) is 3.91. The van der Waals surface area contributed by atoms with Crippen LogP contribution < -0.4 is 0 Å². The first kappa shape index (κ1) is 18.4. The van der Waals surface area contributed by atoms with Gasteiger partial charge in [0.2, 0.25) is 10.0 Å². The lowest BCUT2D eigenvalue weighted by molar-refractivity contribution is 0.139. The molecular weight excluding hydrogens is 340 g/mol. The Morgan fingerprint density at radius 3 is 2.40 bits per heavy atom. The van der Waals surface area contributed by atoms with E-state index in [0.717, 1.165) is 13.1 Å². The fourth-order valence-corrected chi connectivity index (χ4v) is 5.40. The number of nitrogens with zero attached hydrogens (tertiary/aromatic N) is 4. The SMILES string of the molecule is Cc1noc(C=CN(C)C)c1S(=O)(=O)N1CCN(C2CCCC2)CC1. The third-order valence-electron chi connectivity index (χ3n) is 5.07. The molecule has 0 bridgehead atoms. The van der Waals surface area contributed by atoms with Gasteiger partial charge in [0.1, 0.15) is 5.69 Å². The summed E-state index contributed by atoms with van der Waals surface area (Å²) >= 11 is 0. The van der Waals surface area contributed by atoms with Crippen molar-refractivity contribution in [3.8, 4) is 0 Å². The predicted octanol–water partition coefficient (Wildman–Crippen LogP) is 1.76. The first-order chi connectivity index (χ1) is 11.9. The van der Waals surface area contributed by atoms with Crippen LogP contribution in [-0.2, 0) is 10.0 Å². The molecule has 1 aromatic heterocycles. The highest BCUT2D eigenvalue weighted by Crippen LogP contribution is 2.28. The minimum absolute atomic E-state index is 0.194. The number of aromatic nitrogens is 1. The summed E-state index contributed by atoms with van der Waals surface area (Å²) in [4.78, 5) is 4.47. The van der Waals surface area contributed by atoms with E-state index in [2.05, 4.69) is 10.1 Å². The van der Waals surface area contributed by atoms with Crippen LogP contribution in [0.1, 0.15) is 37.1 Å². The van der Waals surface area contributed by atoms with Crippen LogP contribution in [-0.4, -0.2) is 74.0 Å². The summed E-state index contributed by atoms with van der Waals surface area (Å²) in [5.41, 5.74) is 0.414. The Labute approximate surface area is 150 Å². The predicted molar refractivity (Wildman–Crippen MR) is 96.5 cm³/mol. The maximum Gasteiger partial charge on any atom is 0.248 e. The Balaban J connectivity index is 1.75. The van der Waals surface area contributed by atoms with E-state index in [1.807, 2.05) is 19.0 Å². The molecule has 0 radical (unpaired) electrons. The fraction of sp³-hybridized carbons (Fsp3) is 0.706. The maximum atomic E-state index is 13.1. The Bertz CT molecular complexity index is 712. The quantitative estimate of drug-likeness (QED) is 0.789. The van der Waals surface area contributed by atoms with Crippen LogP contribution in [0, 0.1) is 6.92 Å². The summed E-state index contributed by atoms with van der Waals surface area (Å²) in [6.45, 7) is 4.34. The second kappa shape index (κ2) is 7.47. The van der Waals surface area contributed by atoms with E-state index in [0.29, 0.717) is 30.6 Å². The van der Waals surface area contributed by atoms with E-state index in [4.69, 9.17) is 4.52 Å². The van der Waals surface area contributed by atoms with Gasteiger partial charge in [-0.25, -0.2) is 8.42 Å². The third-order valence-corrected chi connectivity index (χ3v) is 7.13. The number of piperazine rings is 1. The van der Waals surface area contributed by atoms with E-state index in [9.17, 15) is 8.42 Å². The zero-order valence-electron chi connectivity index (χ0n) is 15.3. The highest BCUT2D eigenvalue weighted by Gasteiger charge is 2.35. The van der Waals surface area contributed by atoms with Crippen LogP contribution in [0.5, 0.6) is 0 Å². The summed E-state index contributed by atoms with van der Waals surface area (Å²) in [5.74, 6) is 0.296. The average Bonchev–Trinajstić information content (AvgIpc) is 3.23. The second-order valence-corrected chi connectivity index (χ2v) is 8.99. The molecule has 8 heteroatoms. The van der Waals surface area contributed by atoms with Gasteiger partial charge in [-0.05, 0) is 19.8 Å². The van der Waals surface area contributed by atoms with Gasteiger partial charge in [-0.3, -0.25) is 4.90 Å². The number of aryl methyl sites for hydroxylation is 1. The molecule has 7 nitrogen and oxygen atoms in total. The standard InChI is InChI=1S/C17H28N4O3S/c1-14-17(16(24-18-14)8-9-19(2)3)25(22,23)21-12-10-20(11-13-21)15-6-4-5-7-15/h8-9,15H,4-7,10-13H2,1-3H3. The van der Waals surface area contributed by atoms with Gasteiger partial charge in [0.25, 0.3) is 0 Å². The molecule has 0 aromatic carbocycles. The maximum absolute atomic E-state index is 13.1. The van der Waals surface area contributed by atoms with Gasteiger partial charge < -0.3 is 9.42 Å². The Morgan fingerprint density at radius 2 is 1.80 bits per heavy atom. The molecule has 2 fully saturated rings. The van der Waals surface area contributed by atoms with Crippen LogP contribution in [0.25, 0.3) is 6.08 Å². The lowest BCUT2D eigenvalue weighted by Gasteiger charge is -2.37. The van der Waals surface area contributed by atoms with E-state index in [-0.39, 0.29) is 4.90 Å². The van der Waals surface area contributed by atoms with Gasteiger partial charge in [0.15, 0.2) is 10.7 Å².